The lowest BCUT2D eigenvalue weighted by Gasteiger charge is -1.97. The summed E-state index contributed by atoms with van der Waals surface area (Å²) in [5, 5.41) is 0. The van der Waals surface area contributed by atoms with Crippen LogP contribution in [0, 0.1) is 6.92 Å². The maximum Gasteiger partial charge on any atom is 0.208 e. The van der Waals surface area contributed by atoms with Crippen molar-refractivity contribution in [2.24, 2.45) is 0 Å². The molecule has 0 saturated heterocycles. The largest absolute Gasteiger partial charge is 0.376 e. The van der Waals surface area contributed by atoms with E-state index in [-0.39, 0.29) is 12.4 Å². The lowest BCUT2D eigenvalue weighted by atomic mass is 10.3. The van der Waals surface area contributed by atoms with Gasteiger partial charge in [-0.25, -0.2) is 4.98 Å². The molecule has 0 atom stereocenters. The van der Waals surface area contributed by atoms with Crippen LogP contribution in [0.3, 0.4) is 0 Å². The first-order valence-electron chi connectivity index (χ1n) is 3.55. The van der Waals surface area contributed by atoms with Crippen LogP contribution in [0.5, 0.6) is 0 Å². The van der Waals surface area contributed by atoms with Crippen LogP contribution in [0.25, 0.3) is 0 Å². The van der Waals surface area contributed by atoms with E-state index in [0.29, 0.717) is 5.69 Å². The second kappa shape index (κ2) is 3.92. The summed E-state index contributed by atoms with van der Waals surface area (Å²) in [5.74, 6) is -0.148. The van der Waals surface area contributed by atoms with Crippen LogP contribution < -0.4 is 0 Å². The molecule has 0 aliphatic carbocycles. The van der Waals surface area contributed by atoms with Crippen LogP contribution in [0.15, 0.2) is 12.4 Å². The van der Waals surface area contributed by atoms with Gasteiger partial charge in [0.2, 0.25) is 5.78 Å². The van der Waals surface area contributed by atoms with Gasteiger partial charge in [-0.2, -0.15) is 0 Å². The Hall–Kier alpha value is -1.29. The molecule has 0 aliphatic heterocycles. The van der Waals surface area contributed by atoms with Crippen molar-refractivity contribution in [3.8, 4) is 0 Å². The van der Waals surface area contributed by atoms with Crippen LogP contribution in [0.4, 0.5) is 0 Å². The number of carbonyl (C=O) groups excluding carboxylic acids is 1. The Morgan fingerprint density at radius 3 is 2.75 bits per heavy atom. The number of aryl methyl sites for hydroxylation is 1. The molecule has 64 valence electrons. The molecule has 4 heteroatoms. The van der Waals surface area contributed by atoms with E-state index >= 15 is 0 Å². The zero-order chi connectivity index (χ0) is 8.97. The molecule has 0 unspecified atom stereocenters. The molecule has 1 heterocycles. The molecule has 0 aliphatic rings. The first-order valence-corrected chi connectivity index (χ1v) is 3.55. The molecule has 0 spiro atoms. The molecular weight excluding hydrogens is 156 g/mol. The Labute approximate surface area is 70.6 Å². The summed E-state index contributed by atoms with van der Waals surface area (Å²) in [6.07, 6.45) is 3.01. The first-order chi connectivity index (χ1) is 5.74. The second-order valence-corrected chi connectivity index (χ2v) is 2.40. The van der Waals surface area contributed by atoms with Gasteiger partial charge in [0.1, 0.15) is 12.3 Å². The maximum absolute atomic E-state index is 11.1. The van der Waals surface area contributed by atoms with Crippen LogP contribution in [-0.4, -0.2) is 29.5 Å². The minimum atomic E-state index is -0.148. The molecule has 0 aromatic carbocycles. The summed E-state index contributed by atoms with van der Waals surface area (Å²) in [7, 11) is 1.47. The van der Waals surface area contributed by atoms with Crippen molar-refractivity contribution in [2.75, 3.05) is 13.7 Å². The van der Waals surface area contributed by atoms with Crippen LogP contribution >= 0.6 is 0 Å². The predicted molar refractivity (Wildman–Crippen MR) is 43.0 cm³/mol. The Balaban J connectivity index is 2.75. The lowest BCUT2D eigenvalue weighted by molar-refractivity contribution is 0.0842. The van der Waals surface area contributed by atoms with E-state index in [1.807, 2.05) is 6.92 Å². The molecule has 1 aromatic rings. The van der Waals surface area contributed by atoms with Gasteiger partial charge in [0, 0.05) is 13.3 Å². The third kappa shape index (κ3) is 2.10. The highest BCUT2D eigenvalue weighted by Gasteiger charge is 2.05. The van der Waals surface area contributed by atoms with Gasteiger partial charge in [-0.1, -0.05) is 0 Å². The van der Waals surface area contributed by atoms with Crippen LogP contribution in [0.2, 0.25) is 0 Å². The van der Waals surface area contributed by atoms with Gasteiger partial charge >= 0.3 is 0 Å². The number of nitrogens with zero attached hydrogens (tertiary/aromatic N) is 2. The molecule has 0 radical (unpaired) electrons. The molecular formula is C8H10N2O2. The Kier molecular flexibility index (Phi) is 2.88. The molecule has 12 heavy (non-hydrogen) atoms. The molecule has 0 amide bonds. The van der Waals surface area contributed by atoms with Crippen molar-refractivity contribution in [2.45, 2.75) is 6.92 Å². The summed E-state index contributed by atoms with van der Waals surface area (Å²) >= 11 is 0. The molecule has 1 rings (SSSR count). The van der Waals surface area contributed by atoms with Gasteiger partial charge in [0.25, 0.3) is 0 Å². The van der Waals surface area contributed by atoms with Crippen molar-refractivity contribution in [1.82, 2.24) is 9.97 Å². The number of carbonyl (C=O) groups is 1. The lowest BCUT2D eigenvalue weighted by Crippen LogP contribution is -2.09. The molecule has 0 bridgehead atoms. The topological polar surface area (TPSA) is 52.1 Å². The number of aromatic nitrogens is 2. The van der Waals surface area contributed by atoms with E-state index in [1.54, 1.807) is 6.20 Å². The molecule has 4 nitrogen and oxygen atoms in total. The fourth-order valence-electron chi connectivity index (χ4n) is 0.742. The van der Waals surface area contributed by atoms with E-state index in [1.165, 1.54) is 13.3 Å². The van der Waals surface area contributed by atoms with Crippen molar-refractivity contribution in [1.29, 1.82) is 0 Å². The van der Waals surface area contributed by atoms with E-state index < -0.39 is 0 Å². The highest BCUT2D eigenvalue weighted by Crippen LogP contribution is 1.95. The number of methoxy groups -OCH3 is 1. The smallest absolute Gasteiger partial charge is 0.208 e. The van der Waals surface area contributed by atoms with E-state index in [4.69, 9.17) is 0 Å². The third-order valence-corrected chi connectivity index (χ3v) is 1.34. The number of ketones is 1. The number of ether oxygens (including phenoxy) is 1. The highest BCUT2D eigenvalue weighted by atomic mass is 16.5. The molecule has 0 N–H and O–H groups in total. The average molecular weight is 166 g/mol. The van der Waals surface area contributed by atoms with Crippen molar-refractivity contribution in [3.05, 3.63) is 23.8 Å². The zero-order valence-electron chi connectivity index (χ0n) is 7.07. The van der Waals surface area contributed by atoms with E-state index in [2.05, 4.69) is 14.7 Å². The minimum Gasteiger partial charge on any atom is -0.376 e. The number of Topliss-reactive ketones (excluding diaryl/α,β-unsaturated/α-hetero) is 1. The van der Waals surface area contributed by atoms with Gasteiger partial charge < -0.3 is 4.74 Å². The van der Waals surface area contributed by atoms with Crippen LogP contribution in [0.1, 0.15) is 16.2 Å². The first kappa shape index (κ1) is 8.80. The van der Waals surface area contributed by atoms with Gasteiger partial charge in [-0.15, -0.1) is 0 Å². The standard InChI is InChI=1S/C8H10N2O2/c1-6-3-10-7(4-9-6)8(11)5-12-2/h3-4H,5H2,1-2H3. The Bertz CT molecular complexity index is 269. The molecule has 1 aromatic heterocycles. The fourth-order valence-corrected chi connectivity index (χ4v) is 0.742. The molecule has 0 saturated carbocycles. The van der Waals surface area contributed by atoms with Gasteiger partial charge in [0.15, 0.2) is 0 Å². The predicted octanol–water partition coefficient (Wildman–Crippen LogP) is 0.614. The van der Waals surface area contributed by atoms with E-state index in [9.17, 15) is 4.79 Å². The van der Waals surface area contributed by atoms with Gasteiger partial charge in [0.05, 0.1) is 11.9 Å². The van der Waals surface area contributed by atoms with Gasteiger partial charge in [-0.05, 0) is 6.92 Å². The van der Waals surface area contributed by atoms with Crippen molar-refractivity contribution < 1.29 is 9.53 Å². The van der Waals surface area contributed by atoms with Crippen LogP contribution in [-0.2, 0) is 4.74 Å². The van der Waals surface area contributed by atoms with Gasteiger partial charge in [-0.3, -0.25) is 9.78 Å². The summed E-state index contributed by atoms with van der Waals surface area (Å²) in [6, 6.07) is 0. The fraction of sp³-hybridized carbons (Fsp3) is 0.375. The number of hydrogen-bond donors (Lipinski definition) is 0. The summed E-state index contributed by atoms with van der Waals surface area (Å²) < 4.78 is 4.67. The molecule has 0 fully saturated rings. The summed E-state index contributed by atoms with van der Waals surface area (Å²) in [6.45, 7) is 1.87. The number of rotatable bonds is 3. The highest BCUT2D eigenvalue weighted by molar-refractivity contribution is 5.94. The number of hydrogen-bond acceptors (Lipinski definition) is 4. The normalized spacial score (nSPS) is 9.83. The quantitative estimate of drug-likeness (QED) is 0.617. The second-order valence-electron chi connectivity index (χ2n) is 2.40. The third-order valence-electron chi connectivity index (χ3n) is 1.34. The average Bonchev–Trinajstić information content (AvgIpc) is 2.06. The summed E-state index contributed by atoms with van der Waals surface area (Å²) in [4.78, 5) is 19.0. The minimum absolute atomic E-state index is 0.0533. The monoisotopic (exact) mass is 166 g/mol. The van der Waals surface area contributed by atoms with Crippen molar-refractivity contribution >= 4 is 5.78 Å². The Morgan fingerprint density at radius 2 is 2.25 bits per heavy atom. The maximum atomic E-state index is 11.1. The van der Waals surface area contributed by atoms with E-state index in [0.717, 1.165) is 5.69 Å². The summed E-state index contributed by atoms with van der Waals surface area (Å²) in [5.41, 5.74) is 1.14. The SMILES string of the molecule is COCC(=O)c1cnc(C)cn1. The Morgan fingerprint density at radius 1 is 1.50 bits per heavy atom. The zero-order valence-corrected chi connectivity index (χ0v) is 7.07. The van der Waals surface area contributed by atoms with Crippen molar-refractivity contribution in [3.63, 3.8) is 0 Å².